The number of benzene rings is 2. The first kappa shape index (κ1) is 17.3. The van der Waals surface area contributed by atoms with Crippen molar-refractivity contribution in [1.82, 2.24) is 0 Å². The van der Waals surface area contributed by atoms with Crippen LogP contribution in [0.15, 0.2) is 42.5 Å². The number of amides is 1. The standard InChI is InChI=1S/C20H25N3O2/c1-15-7-8-17(13-16(15)2)21-20(25)14-22-9-11-23(12-10-22)18-5-3-4-6-19(18)24/h3-8,13,24H,9-12,14H2,1-2H3,(H,21,25)/p+1. The first-order chi connectivity index (χ1) is 12.0. The lowest BCUT2D eigenvalue weighted by molar-refractivity contribution is -0.892. The molecule has 1 fully saturated rings. The highest BCUT2D eigenvalue weighted by Crippen LogP contribution is 2.25. The van der Waals surface area contributed by atoms with Crippen molar-refractivity contribution >= 4 is 17.3 Å². The molecule has 2 aromatic carbocycles. The minimum atomic E-state index is 0.0502. The van der Waals surface area contributed by atoms with E-state index in [9.17, 15) is 9.90 Å². The Labute approximate surface area is 148 Å². The maximum absolute atomic E-state index is 12.3. The normalized spacial score (nSPS) is 15.2. The number of nitrogens with one attached hydrogen (secondary N) is 2. The number of para-hydroxylation sites is 2. The molecule has 0 radical (unpaired) electrons. The maximum Gasteiger partial charge on any atom is 0.279 e. The number of carbonyl (C=O) groups excluding carboxylic acids is 1. The zero-order chi connectivity index (χ0) is 17.8. The van der Waals surface area contributed by atoms with Gasteiger partial charge in [-0.15, -0.1) is 0 Å². The highest BCUT2D eigenvalue weighted by atomic mass is 16.3. The second kappa shape index (κ2) is 7.57. The highest BCUT2D eigenvalue weighted by molar-refractivity contribution is 5.91. The summed E-state index contributed by atoms with van der Waals surface area (Å²) in [5, 5.41) is 13.0. The zero-order valence-corrected chi connectivity index (χ0v) is 14.9. The number of piperazine rings is 1. The van der Waals surface area contributed by atoms with Crippen molar-refractivity contribution in [2.75, 3.05) is 42.9 Å². The van der Waals surface area contributed by atoms with Crippen LogP contribution in [0.2, 0.25) is 0 Å². The number of carbonyl (C=O) groups is 1. The molecule has 5 nitrogen and oxygen atoms in total. The van der Waals surface area contributed by atoms with E-state index in [-0.39, 0.29) is 5.91 Å². The molecule has 1 amide bonds. The van der Waals surface area contributed by atoms with Crippen molar-refractivity contribution in [3.8, 4) is 5.75 Å². The number of nitrogens with zero attached hydrogens (tertiary/aromatic N) is 1. The van der Waals surface area contributed by atoms with E-state index >= 15 is 0 Å². The molecule has 0 saturated carbocycles. The topological polar surface area (TPSA) is 57.0 Å². The van der Waals surface area contributed by atoms with Gasteiger partial charge in [-0.1, -0.05) is 18.2 Å². The summed E-state index contributed by atoms with van der Waals surface area (Å²) in [6.07, 6.45) is 0. The molecule has 3 N–H and O–H groups in total. The SMILES string of the molecule is Cc1ccc(NC(=O)C[NH+]2CCN(c3ccccc3O)CC2)cc1C. The molecule has 0 bridgehead atoms. The Morgan fingerprint density at radius 3 is 2.52 bits per heavy atom. The van der Waals surface area contributed by atoms with Crippen LogP contribution in [-0.4, -0.2) is 43.7 Å². The number of anilines is 2. The lowest BCUT2D eigenvalue weighted by Gasteiger charge is -2.33. The Morgan fingerprint density at radius 2 is 1.84 bits per heavy atom. The van der Waals surface area contributed by atoms with Crippen LogP contribution in [0, 0.1) is 13.8 Å². The second-order valence-electron chi connectivity index (χ2n) is 6.75. The lowest BCUT2D eigenvalue weighted by atomic mass is 10.1. The molecule has 1 aliphatic rings. The summed E-state index contributed by atoms with van der Waals surface area (Å²) in [7, 11) is 0. The predicted molar refractivity (Wildman–Crippen MR) is 100 cm³/mol. The second-order valence-corrected chi connectivity index (χ2v) is 6.75. The minimum absolute atomic E-state index is 0.0502. The van der Waals surface area contributed by atoms with E-state index in [1.54, 1.807) is 6.07 Å². The number of aryl methyl sites for hydroxylation is 2. The van der Waals surface area contributed by atoms with Gasteiger partial charge in [0.2, 0.25) is 0 Å². The summed E-state index contributed by atoms with van der Waals surface area (Å²) in [6, 6.07) is 13.4. The average Bonchev–Trinajstić information content (AvgIpc) is 2.59. The van der Waals surface area contributed by atoms with Gasteiger partial charge >= 0.3 is 0 Å². The number of phenols is 1. The number of aromatic hydroxyl groups is 1. The maximum atomic E-state index is 12.3. The zero-order valence-electron chi connectivity index (χ0n) is 14.9. The molecule has 1 saturated heterocycles. The molecule has 0 unspecified atom stereocenters. The number of rotatable bonds is 4. The molecule has 3 rings (SSSR count). The van der Waals surface area contributed by atoms with E-state index in [2.05, 4.69) is 24.1 Å². The summed E-state index contributed by atoms with van der Waals surface area (Å²) in [4.78, 5) is 15.7. The summed E-state index contributed by atoms with van der Waals surface area (Å²) < 4.78 is 0. The highest BCUT2D eigenvalue weighted by Gasteiger charge is 2.23. The summed E-state index contributed by atoms with van der Waals surface area (Å²) >= 11 is 0. The summed E-state index contributed by atoms with van der Waals surface area (Å²) in [6.45, 7) is 8.03. The molecule has 0 spiro atoms. The van der Waals surface area contributed by atoms with Crippen LogP contribution >= 0.6 is 0 Å². The van der Waals surface area contributed by atoms with E-state index in [4.69, 9.17) is 0 Å². The molecular weight excluding hydrogens is 314 g/mol. The van der Waals surface area contributed by atoms with Crippen LogP contribution in [0.25, 0.3) is 0 Å². The first-order valence-corrected chi connectivity index (χ1v) is 8.76. The van der Waals surface area contributed by atoms with Crippen molar-refractivity contribution in [3.05, 3.63) is 53.6 Å². The van der Waals surface area contributed by atoms with Gasteiger partial charge in [-0.3, -0.25) is 4.79 Å². The molecule has 0 aromatic heterocycles. The third kappa shape index (κ3) is 4.31. The molecule has 1 heterocycles. The fourth-order valence-electron chi connectivity index (χ4n) is 3.22. The lowest BCUT2D eigenvalue weighted by Crippen LogP contribution is -3.15. The quantitative estimate of drug-likeness (QED) is 0.788. The monoisotopic (exact) mass is 340 g/mol. The largest absolute Gasteiger partial charge is 0.506 e. The Balaban J connectivity index is 1.51. The van der Waals surface area contributed by atoms with Gasteiger partial charge in [0.15, 0.2) is 6.54 Å². The molecule has 0 atom stereocenters. The fraction of sp³-hybridized carbons (Fsp3) is 0.350. The van der Waals surface area contributed by atoms with Gasteiger partial charge in [0.05, 0.1) is 31.9 Å². The van der Waals surface area contributed by atoms with Crippen molar-refractivity contribution in [2.24, 2.45) is 0 Å². The van der Waals surface area contributed by atoms with Crippen LogP contribution in [0.4, 0.5) is 11.4 Å². The fourth-order valence-corrected chi connectivity index (χ4v) is 3.22. The number of phenolic OH excluding ortho intramolecular Hbond substituents is 1. The van der Waals surface area contributed by atoms with Gasteiger partial charge < -0.3 is 20.2 Å². The summed E-state index contributed by atoms with van der Waals surface area (Å²) in [5.74, 6) is 0.368. The van der Waals surface area contributed by atoms with Crippen LogP contribution in [-0.2, 0) is 4.79 Å². The van der Waals surface area contributed by atoms with Crippen molar-refractivity contribution in [1.29, 1.82) is 0 Å². The van der Waals surface area contributed by atoms with Crippen LogP contribution in [0.1, 0.15) is 11.1 Å². The van der Waals surface area contributed by atoms with Gasteiger partial charge in [0, 0.05) is 5.69 Å². The van der Waals surface area contributed by atoms with Gasteiger partial charge in [-0.05, 0) is 49.2 Å². The smallest absolute Gasteiger partial charge is 0.279 e. The van der Waals surface area contributed by atoms with E-state index in [1.807, 2.05) is 36.4 Å². The third-order valence-electron chi connectivity index (χ3n) is 4.89. The Bertz CT molecular complexity index is 752. The Morgan fingerprint density at radius 1 is 1.12 bits per heavy atom. The molecule has 5 heteroatoms. The average molecular weight is 340 g/mol. The molecule has 0 aliphatic carbocycles. The van der Waals surface area contributed by atoms with Crippen molar-refractivity contribution in [2.45, 2.75) is 13.8 Å². The summed E-state index contributed by atoms with van der Waals surface area (Å²) in [5.41, 5.74) is 4.15. The van der Waals surface area contributed by atoms with Crippen LogP contribution in [0.3, 0.4) is 0 Å². The van der Waals surface area contributed by atoms with E-state index < -0.39 is 0 Å². The van der Waals surface area contributed by atoms with Crippen molar-refractivity contribution < 1.29 is 14.8 Å². The van der Waals surface area contributed by atoms with Crippen molar-refractivity contribution in [3.63, 3.8) is 0 Å². The molecular formula is C20H26N3O2+. The number of quaternary nitrogens is 1. The van der Waals surface area contributed by atoms with Gasteiger partial charge in [0.25, 0.3) is 5.91 Å². The van der Waals surface area contributed by atoms with Crippen LogP contribution < -0.4 is 15.1 Å². The van der Waals surface area contributed by atoms with Crippen LogP contribution in [0.5, 0.6) is 5.75 Å². The van der Waals surface area contributed by atoms with E-state index in [1.165, 1.54) is 16.0 Å². The van der Waals surface area contributed by atoms with E-state index in [0.29, 0.717) is 12.3 Å². The minimum Gasteiger partial charge on any atom is -0.506 e. The molecule has 132 valence electrons. The van der Waals surface area contributed by atoms with Gasteiger partial charge in [-0.25, -0.2) is 0 Å². The van der Waals surface area contributed by atoms with Gasteiger partial charge in [-0.2, -0.15) is 0 Å². The molecule has 25 heavy (non-hydrogen) atoms. The molecule has 2 aromatic rings. The number of hydrogen-bond acceptors (Lipinski definition) is 3. The molecule has 1 aliphatic heterocycles. The van der Waals surface area contributed by atoms with Gasteiger partial charge in [0.1, 0.15) is 5.75 Å². The number of hydrogen-bond donors (Lipinski definition) is 3. The third-order valence-corrected chi connectivity index (χ3v) is 4.89. The predicted octanol–water partition coefficient (Wildman–Crippen LogP) is 1.35. The first-order valence-electron chi connectivity index (χ1n) is 8.76. The Kier molecular flexibility index (Phi) is 5.24. The Hall–Kier alpha value is -2.53. The van der Waals surface area contributed by atoms with E-state index in [0.717, 1.165) is 37.6 Å².